The zero-order chi connectivity index (χ0) is 19.3. The van der Waals surface area contributed by atoms with Crippen LogP contribution in [0, 0.1) is 0 Å². The third kappa shape index (κ3) is 2.65. The van der Waals surface area contributed by atoms with Crippen LogP contribution in [0.1, 0.15) is 22.8 Å². The lowest BCUT2D eigenvalue weighted by atomic mass is 9.93. The summed E-state index contributed by atoms with van der Waals surface area (Å²) in [5.41, 5.74) is 1.88. The van der Waals surface area contributed by atoms with Gasteiger partial charge in [0.1, 0.15) is 5.30 Å². The van der Waals surface area contributed by atoms with Crippen LogP contribution in [0.15, 0.2) is 72.8 Å². The third-order valence-electron chi connectivity index (χ3n) is 6.19. The van der Waals surface area contributed by atoms with E-state index in [0.717, 1.165) is 38.8 Å². The van der Waals surface area contributed by atoms with Crippen molar-refractivity contribution in [2.75, 3.05) is 18.7 Å². The minimum atomic E-state index is -1.37. The molecule has 4 aromatic rings. The Hall–Kier alpha value is -2.07. The van der Waals surface area contributed by atoms with Crippen molar-refractivity contribution < 1.29 is 4.79 Å². The molecule has 2 unspecified atom stereocenters. The molecule has 28 heavy (non-hydrogen) atoms. The summed E-state index contributed by atoms with van der Waals surface area (Å²) in [4.78, 5) is 14.1. The summed E-state index contributed by atoms with van der Waals surface area (Å²) in [6, 6.07) is 25.5. The van der Waals surface area contributed by atoms with E-state index < -0.39 is 7.26 Å². The van der Waals surface area contributed by atoms with Gasteiger partial charge < -0.3 is 0 Å². The molecule has 3 heteroatoms. The van der Waals surface area contributed by atoms with Gasteiger partial charge in [-0.1, -0.05) is 66.7 Å². The van der Waals surface area contributed by atoms with Gasteiger partial charge in [0.2, 0.25) is 0 Å². The number of fused-ring (bicyclic) bond motifs is 6. The standard InChI is InChI=1S/C25H23OP2/c1-3-28(2)16-27-21-14-12-17-8-4-6-10-19(17)23(21)25(26)24-20-11-7-5-9-18(20)13-15-22(24)28/h4-15,27H,3,16H2,1-2H3/q+1. The topological polar surface area (TPSA) is 17.1 Å². The third-order valence-corrected chi connectivity index (χ3v) is 13.3. The number of ketones is 1. The Bertz CT molecular complexity index is 1240. The maximum absolute atomic E-state index is 14.1. The highest BCUT2D eigenvalue weighted by Gasteiger charge is 2.40. The quantitative estimate of drug-likeness (QED) is 0.369. The lowest BCUT2D eigenvalue weighted by Crippen LogP contribution is -2.28. The predicted molar refractivity (Wildman–Crippen MR) is 127 cm³/mol. The van der Waals surface area contributed by atoms with E-state index in [4.69, 9.17) is 0 Å². The van der Waals surface area contributed by atoms with E-state index in [2.05, 4.69) is 74.3 Å². The molecule has 1 aliphatic heterocycles. The Kier molecular flexibility index (Phi) is 4.35. The van der Waals surface area contributed by atoms with E-state index in [1.54, 1.807) is 0 Å². The van der Waals surface area contributed by atoms with Gasteiger partial charge in [0.05, 0.1) is 24.3 Å². The second-order valence-corrected chi connectivity index (χ2v) is 13.8. The van der Waals surface area contributed by atoms with Gasteiger partial charge in [-0.3, -0.25) is 4.79 Å². The molecule has 0 radical (unpaired) electrons. The molecule has 0 N–H and O–H groups in total. The SMILES string of the molecule is CC[P+]1(C)CPc2ccc3ccccc3c2C(=O)c2c1ccc1ccccc21. The summed E-state index contributed by atoms with van der Waals surface area (Å²) in [5, 5.41) is 7.06. The Morgan fingerprint density at radius 2 is 1.43 bits per heavy atom. The average Bonchev–Trinajstić information content (AvgIpc) is 2.75. The number of hydrogen-bond acceptors (Lipinski definition) is 1. The molecule has 5 rings (SSSR count). The summed E-state index contributed by atoms with van der Waals surface area (Å²) in [5.74, 6) is 1.40. The van der Waals surface area contributed by atoms with Gasteiger partial charge in [-0.25, -0.2) is 0 Å². The van der Waals surface area contributed by atoms with Crippen molar-refractivity contribution in [2.24, 2.45) is 0 Å². The average molecular weight is 401 g/mol. The fraction of sp³-hybridized carbons (Fsp3) is 0.160. The summed E-state index contributed by atoms with van der Waals surface area (Å²) >= 11 is 0. The van der Waals surface area contributed by atoms with E-state index >= 15 is 0 Å². The smallest absolute Gasteiger partial charge is 0.198 e. The molecule has 1 aliphatic rings. The lowest BCUT2D eigenvalue weighted by molar-refractivity contribution is 0.104. The fourth-order valence-corrected chi connectivity index (χ4v) is 10.2. The Morgan fingerprint density at radius 3 is 2.11 bits per heavy atom. The first-order chi connectivity index (χ1) is 13.6. The molecule has 2 atom stereocenters. The molecule has 0 fully saturated rings. The first kappa shape index (κ1) is 18.0. The molecule has 0 aliphatic carbocycles. The van der Waals surface area contributed by atoms with Crippen molar-refractivity contribution in [1.29, 1.82) is 0 Å². The first-order valence-corrected chi connectivity index (χ1v) is 13.6. The van der Waals surface area contributed by atoms with E-state index in [1.807, 2.05) is 12.1 Å². The van der Waals surface area contributed by atoms with Gasteiger partial charge in [-0.05, 0) is 48.4 Å². The molecule has 0 aromatic heterocycles. The van der Waals surface area contributed by atoms with Crippen molar-refractivity contribution in [3.05, 3.63) is 83.9 Å². The van der Waals surface area contributed by atoms with Gasteiger partial charge in [-0.15, -0.1) is 0 Å². The van der Waals surface area contributed by atoms with Gasteiger partial charge in [0.15, 0.2) is 5.78 Å². The molecule has 4 aromatic carbocycles. The van der Waals surface area contributed by atoms with Gasteiger partial charge in [0, 0.05) is 12.8 Å². The van der Waals surface area contributed by atoms with E-state index in [9.17, 15) is 4.79 Å². The van der Waals surface area contributed by atoms with Crippen molar-refractivity contribution >= 4 is 53.8 Å². The zero-order valence-corrected chi connectivity index (χ0v) is 18.1. The fourth-order valence-electron chi connectivity index (χ4n) is 4.36. The zero-order valence-electron chi connectivity index (χ0n) is 16.2. The largest absolute Gasteiger partial charge is 0.288 e. The van der Waals surface area contributed by atoms with Crippen LogP contribution < -0.4 is 10.6 Å². The van der Waals surface area contributed by atoms with Crippen LogP contribution in [0.4, 0.5) is 0 Å². The first-order valence-electron chi connectivity index (χ1n) is 9.79. The highest BCUT2D eigenvalue weighted by atomic mass is 31.2. The van der Waals surface area contributed by atoms with Crippen LogP contribution in [0.2, 0.25) is 0 Å². The van der Waals surface area contributed by atoms with E-state index in [0.29, 0.717) is 8.58 Å². The highest BCUT2D eigenvalue weighted by molar-refractivity contribution is 7.88. The summed E-state index contributed by atoms with van der Waals surface area (Å²) in [7, 11) is -0.685. The Balaban J connectivity index is 1.91. The van der Waals surface area contributed by atoms with E-state index in [1.165, 1.54) is 16.5 Å². The van der Waals surface area contributed by atoms with Gasteiger partial charge >= 0.3 is 0 Å². The molecular weight excluding hydrogens is 378 g/mol. The van der Waals surface area contributed by atoms with Crippen molar-refractivity contribution in [3.63, 3.8) is 0 Å². The van der Waals surface area contributed by atoms with Crippen LogP contribution in [-0.4, -0.2) is 24.5 Å². The van der Waals surface area contributed by atoms with Crippen LogP contribution in [-0.2, 0) is 0 Å². The Labute approximate surface area is 168 Å². The number of carbonyl (C=O) groups is 1. The minimum Gasteiger partial charge on any atom is -0.288 e. The van der Waals surface area contributed by atoms with Crippen LogP contribution >= 0.6 is 15.8 Å². The molecular formula is C25H23OP2+. The second kappa shape index (κ2) is 6.77. The highest BCUT2D eigenvalue weighted by Crippen LogP contribution is 2.59. The molecule has 0 saturated carbocycles. The normalized spacial score (nSPS) is 20.0. The van der Waals surface area contributed by atoms with E-state index in [-0.39, 0.29) is 5.78 Å². The van der Waals surface area contributed by atoms with Crippen LogP contribution in [0.5, 0.6) is 0 Å². The summed E-state index contributed by atoms with van der Waals surface area (Å²) < 4.78 is 0. The molecule has 0 spiro atoms. The van der Waals surface area contributed by atoms with Crippen LogP contribution in [0.3, 0.4) is 0 Å². The lowest BCUT2D eigenvalue weighted by Gasteiger charge is -2.28. The Morgan fingerprint density at radius 1 is 0.821 bits per heavy atom. The number of rotatable bonds is 1. The molecule has 1 nitrogen and oxygen atoms in total. The van der Waals surface area contributed by atoms with Crippen molar-refractivity contribution in [1.82, 2.24) is 0 Å². The van der Waals surface area contributed by atoms with Gasteiger partial charge in [0.25, 0.3) is 0 Å². The van der Waals surface area contributed by atoms with Crippen molar-refractivity contribution in [3.8, 4) is 0 Å². The summed E-state index contributed by atoms with van der Waals surface area (Å²) in [6.45, 7) is 4.73. The van der Waals surface area contributed by atoms with Gasteiger partial charge in [-0.2, -0.15) is 0 Å². The predicted octanol–water partition coefficient (Wildman–Crippen LogP) is 5.79. The van der Waals surface area contributed by atoms with Crippen LogP contribution in [0.25, 0.3) is 21.5 Å². The maximum atomic E-state index is 14.1. The molecule has 0 saturated heterocycles. The molecule has 0 amide bonds. The number of benzene rings is 4. The molecule has 138 valence electrons. The summed E-state index contributed by atoms with van der Waals surface area (Å²) in [6.07, 6.45) is 1.14. The maximum Gasteiger partial charge on any atom is 0.198 e. The monoisotopic (exact) mass is 401 g/mol. The minimum absolute atomic E-state index is 0.213. The molecule has 1 heterocycles. The molecule has 0 bridgehead atoms. The number of carbonyl (C=O) groups excluding carboxylic acids is 1. The number of hydrogen-bond donors (Lipinski definition) is 0. The second-order valence-electron chi connectivity index (χ2n) is 7.77. The van der Waals surface area contributed by atoms with Crippen molar-refractivity contribution in [2.45, 2.75) is 6.92 Å².